The van der Waals surface area contributed by atoms with Gasteiger partial charge in [-0.1, -0.05) is 0 Å². The molecule has 1 aliphatic heterocycles. The van der Waals surface area contributed by atoms with E-state index in [2.05, 4.69) is 9.82 Å². The fraction of sp³-hybridized carbons (Fsp3) is 0.765. The Kier molecular flexibility index (Phi) is 4.68. The van der Waals surface area contributed by atoms with Gasteiger partial charge in [0.25, 0.3) is 15.8 Å². The fourth-order valence-electron chi connectivity index (χ4n) is 4.33. The number of hydrogen-bond acceptors (Lipinski definition) is 4. The molecule has 1 saturated carbocycles. The largest absolute Gasteiger partial charge is 0.279 e. The lowest BCUT2D eigenvalue weighted by atomic mass is 9.92. The Labute approximate surface area is 148 Å². The maximum Gasteiger partial charge on any atom is 0.279 e. The molecule has 0 spiro atoms. The molecule has 1 N–H and O–H groups in total. The molecule has 0 aromatic carbocycles. The van der Waals surface area contributed by atoms with Crippen molar-refractivity contribution in [3.05, 3.63) is 27.7 Å². The van der Waals surface area contributed by atoms with Crippen molar-refractivity contribution >= 4 is 10.2 Å². The van der Waals surface area contributed by atoms with Gasteiger partial charge in [0, 0.05) is 25.2 Å². The number of hydrogen-bond donors (Lipinski definition) is 1. The monoisotopic (exact) mass is 366 g/mol. The molecule has 7 nitrogen and oxygen atoms in total. The van der Waals surface area contributed by atoms with Crippen molar-refractivity contribution in [1.29, 1.82) is 0 Å². The highest BCUT2D eigenvalue weighted by Crippen LogP contribution is 2.28. The Morgan fingerprint density at radius 2 is 1.76 bits per heavy atom. The molecule has 1 aromatic rings. The molecule has 25 heavy (non-hydrogen) atoms. The normalized spacial score (nSPS) is 27.5. The molecule has 2 fully saturated rings. The molecule has 0 atom stereocenters. The highest BCUT2D eigenvalue weighted by molar-refractivity contribution is 7.87. The second-order valence-corrected chi connectivity index (χ2v) is 9.19. The van der Waals surface area contributed by atoms with Crippen molar-refractivity contribution < 1.29 is 8.42 Å². The predicted octanol–water partition coefficient (Wildman–Crippen LogP) is 1.15. The number of rotatable bonds is 4. The average molecular weight is 366 g/mol. The Morgan fingerprint density at radius 3 is 2.48 bits per heavy atom. The summed E-state index contributed by atoms with van der Waals surface area (Å²) in [7, 11) is -3.36. The smallest absolute Gasteiger partial charge is 0.268 e. The minimum Gasteiger partial charge on any atom is -0.268 e. The molecule has 138 valence electrons. The lowest BCUT2D eigenvalue weighted by Crippen LogP contribution is -2.46. The maximum atomic E-state index is 12.4. The van der Waals surface area contributed by atoms with E-state index in [1.807, 2.05) is 0 Å². The summed E-state index contributed by atoms with van der Waals surface area (Å²) in [6.07, 6.45) is 7.98. The zero-order valence-corrected chi connectivity index (χ0v) is 15.3. The molecule has 0 radical (unpaired) electrons. The molecule has 4 rings (SSSR count). The summed E-state index contributed by atoms with van der Waals surface area (Å²) in [5.41, 5.74) is 2.16. The first-order valence-electron chi connectivity index (χ1n) is 9.42. The van der Waals surface area contributed by atoms with Crippen LogP contribution in [0, 0.1) is 0 Å². The Morgan fingerprint density at radius 1 is 1.04 bits per heavy atom. The second-order valence-electron chi connectivity index (χ2n) is 7.49. The van der Waals surface area contributed by atoms with E-state index in [0.717, 1.165) is 69.0 Å². The van der Waals surface area contributed by atoms with Crippen LogP contribution in [0.15, 0.2) is 10.9 Å². The van der Waals surface area contributed by atoms with Gasteiger partial charge in [-0.15, -0.1) is 0 Å². The molecular weight excluding hydrogens is 340 g/mol. The maximum absolute atomic E-state index is 12.4. The molecule has 1 aromatic heterocycles. The second kappa shape index (κ2) is 6.81. The third-order valence-electron chi connectivity index (χ3n) is 5.75. The number of fused-ring (bicyclic) bond motifs is 1. The van der Waals surface area contributed by atoms with Gasteiger partial charge in [0.15, 0.2) is 0 Å². The molecule has 2 heterocycles. The van der Waals surface area contributed by atoms with Crippen molar-refractivity contribution in [3.63, 3.8) is 0 Å². The molecular formula is C17H26N4O3S. The molecule has 0 unspecified atom stereocenters. The van der Waals surface area contributed by atoms with Crippen LogP contribution in [0.2, 0.25) is 0 Å². The molecule has 0 amide bonds. The number of nitrogens with one attached hydrogen (secondary N) is 1. The van der Waals surface area contributed by atoms with Crippen LogP contribution in [-0.2, 0) is 23.1 Å². The van der Waals surface area contributed by atoms with E-state index in [4.69, 9.17) is 0 Å². The number of aryl methyl sites for hydroxylation is 2. The lowest BCUT2D eigenvalue weighted by molar-refractivity contribution is 0.281. The van der Waals surface area contributed by atoms with E-state index in [0.29, 0.717) is 13.1 Å². The third-order valence-corrected chi connectivity index (χ3v) is 7.42. The summed E-state index contributed by atoms with van der Waals surface area (Å²) in [6, 6.07) is 1.80. The first kappa shape index (κ1) is 17.2. The topological polar surface area (TPSA) is 84.3 Å². The third kappa shape index (κ3) is 3.52. The standard InChI is InChI=1S/C17H26N4O3S/c22-17-12-13-4-3-5-16(13)18-21(17)15-8-6-14(7-9-15)19-25(23,24)20-10-1-2-11-20/h12,14-15,19H,1-11H2. The van der Waals surface area contributed by atoms with Gasteiger partial charge in [0.2, 0.25) is 0 Å². The van der Waals surface area contributed by atoms with Gasteiger partial charge in [-0.2, -0.15) is 22.5 Å². The number of aromatic nitrogens is 2. The summed E-state index contributed by atoms with van der Waals surface area (Å²) >= 11 is 0. The van der Waals surface area contributed by atoms with Crippen molar-refractivity contribution in [2.75, 3.05) is 13.1 Å². The first-order valence-corrected chi connectivity index (χ1v) is 10.9. The summed E-state index contributed by atoms with van der Waals surface area (Å²) < 4.78 is 30.8. The molecule has 0 bridgehead atoms. The van der Waals surface area contributed by atoms with Crippen molar-refractivity contribution in [2.45, 2.75) is 69.9 Å². The van der Waals surface area contributed by atoms with Gasteiger partial charge in [-0.25, -0.2) is 4.68 Å². The van der Waals surface area contributed by atoms with Crippen molar-refractivity contribution in [2.24, 2.45) is 0 Å². The van der Waals surface area contributed by atoms with Crippen LogP contribution in [0.5, 0.6) is 0 Å². The van der Waals surface area contributed by atoms with Gasteiger partial charge in [0.05, 0.1) is 11.7 Å². The van der Waals surface area contributed by atoms with Gasteiger partial charge in [-0.3, -0.25) is 4.79 Å². The van der Waals surface area contributed by atoms with Gasteiger partial charge >= 0.3 is 0 Å². The highest BCUT2D eigenvalue weighted by Gasteiger charge is 2.31. The van der Waals surface area contributed by atoms with E-state index in [9.17, 15) is 13.2 Å². The lowest BCUT2D eigenvalue weighted by Gasteiger charge is -2.30. The van der Waals surface area contributed by atoms with Crippen LogP contribution in [0.25, 0.3) is 0 Å². The zero-order valence-electron chi connectivity index (χ0n) is 14.5. The number of nitrogens with zero attached hydrogens (tertiary/aromatic N) is 3. The van der Waals surface area contributed by atoms with Crippen LogP contribution in [0.3, 0.4) is 0 Å². The molecule has 8 heteroatoms. The minimum atomic E-state index is -3.36. The minimum absolute atomic E-state index is 0.0123. The summed E-state index contributed by atoms with van der Waals surface area (Å²) in [6.45, 7) is 1.25. The Hall–Kier alpha value is -1.25. The van der Waals surface area contributed by atoms with E-state index in [-0.39, 0.29) is 17.6 Å². The van der Waals surface area contributed by atoms with Crippen LogP contribution >= 0.6 is 0 Å². The van der Waals surface area contributed by atoms with E-state index >= 15 is 0 Å². The highest BCUT2D eigenvalue weighted by atomic mass is 32.2. The SMILES string of the molecule is O=c1cc2c(nn1C1CCC(NS(=O)(=O)N3CCCC3)CC1)CCC2. The fourth-order valence-corrected chi connectivity index (χ4v) is 5.87. The summed E-state index contributed by atoms with van der Waals surface area (Å²) in [4.78, 5) is 12.3. The van der Waals surface area contributed by atoms with Crippen molar-refractivity contribution in [1.82, 2.24) is 18.8 Å². The van der Waals surface area contributed by atoms with Gasteiger partial charge < -0.3 is 0 Å². The summed E-state index contributed by atoms with van der Waals surface area (Å²) in [5.74, 6) is 0. The molecule has 1 saturated heterocycles. The zero-order chi connectivity index (χ0) is 17.4. The Balaban J connectivity index is 1.39. The summed E-state index contributed by atoms with van der Waals surface area (Å²) in [5, 5.41) is 4.60. The van der Waals surface area contributed by atoms with E-state index < -0.39 is 10.2 Å². The van der Waals surface area contributed by atoms with Gasteiger partial charge in [0.1, 0.15) is 0 Å². The van der Waals surface area contributed by atoms with Crippen molar-refractivity contribution in [3.8, 4) is 0 Å². The molecule has 2 aliphatic carbocycles. The van der Waals surface area contributed by atoms with Crippen LogP contribution in [0.1, 0.15) is 62.2 Å². The van der Waals surface area contributed by atoms with Gasteiger partial charge in [-0.05, 0) is 63.4 Å². The first-order chi connectivity index (χ1) is 12.0. The van der Waals surface area contributed by atoms with Crippen LogP contribution < -0.4 is 10.3 Å². The molecule has 3 aliphatic rings. The van der Waals surface area contributed by atoms with Crippen LogP contribution in [-0.4, -0.2) is 41.6 Å². The van der Waals surface area contributed by atoms with E-state index in [1.54, 1.807) is 15.1 Å². The quantitative estimate of drug-likeness (QED) is 0.866. The average Bonchev–Trinajstić information content (AvgIpc) is 3.26. The van der Waals surface area contributed by atoms with Crippen LogP contribution in [0.4, 0.5) is 0 Å². The van der Waals surface area contributed by atoms with E-state index in [1.165, 1.54) is 0 Å². The predicted molar refractivity (Wildman–Crippen MR) is 94.7 cm³/mol. The Bertz CT molecular complexity index is 791.